The number of para-hydroxylation sites is 5. The third-order valence-corrected chi connectivity index (χ3v) is 15.4. The van der Waals surface area contributed by atoms with Gasteiger partial charge in [-0.15, -0.1) is 0 Å². The molecule has 5 heterocycles. The fourth-order valence-corrected chi connectivity index (χ4v) is 12.0. The van der Waals surface area contributed by atoms with E-state index in [4.69, 9.17) is 15.0 Å². The summed E-state index contributed by atoms with van der Waals surface area (Å²) in [6, 6.07) is 93.6. The van der Waals surface area contributed by atoms with Gasteiger partial charge in [-0.25, -0.2) is 4.98 Å². The average Bonchev–Trinajstić information content (AvgIpc) is 4.29. The number of hydrogen-bond acceptors (Lipinski definition) is 3. The molecule has 5 aromatic heterocycles. The Kier molecular flexibility index (Phi) is 9.20. The molecule has 0 saturated heterocycles. The van der Waals surface area contributed by atoms with E-state index in [1.807, 2.05) is 36.4 Å². The highest BCUT2D eigenvalue weighted by atomic mass is 15.2. The van der Waals surface area contributed by atoms with Crippen LogP contribution in [0.2, 0.25) is 0 Å². The Hall–Kier alpha value is -10.4. The summed E-state index contributed by atoms with van der Waals surface area (Å²) in [6.07, 6.45) is 0. The van der Waals surface area contributed by atoms with Crippen LogP contribution in [0.5, 0.6) is 0 Å². The molecule has 16 rings (SSSR count). The predicted molar refractivity (Wildman–Crippen MR) is 313 cm³/mol. The minimum absolute atomic E-state index is 0.568. The van der Waals surface area contributed by atoms with E-state index < -0.39 is 0 Å². The van der Waals surface area contributed by atoms with E-state index in [9.17, 15) is 0 Å². The summed E-state index contributed by atoms with van der Waals surface area (Å²) in [6.45, 7) is 0. The summed E-state index contributed by atoms with van der Waals surface area (Å²) in [7, 11) is 0. The van der Waals surface area contributed by atoms with Gasteiger partial charge in [0.15, 0.2) is 11.6 Å². The summed E-state index contributed by atoms with van der Waals surface area (Å²) >= 11 is 0. The molecule has 0 saturated carbocycles. The third kappa shape index (κ3) is 6.39. The lowest BCUT2D eigenvalue weighted by molar-refractivity contribution is 0.953. The number of rotatable bonds is 7. The smallest absolute Gasteiger partial charge is 0.238 e. The maximum absolute atomic E-state index is 5.20. The van der Waals surface area contributed by atoms with E-state index in [1.54, 1.807) is 0 Å². The van der Waals surface area contributed by atoms with Crippen LogP contribution in [0.25, 0.3) is 144 Å². The zero-order chi connectivity index (χ0) is 49.8. The topological polar surface area (TPSA) is 58.4 Å². The molecule has 0 fully saturated rings. The molecule has 16 aromatic rings. The molecular weight excluding hydrogens is 927 g/mol. The summed E-state index contributed by atoms with van der Waals surface area (Å²) < 4.78 is 9.48. The van der Waals surface area contributed by atoms with Crippen molar-refractivity contribution in [3.63, 3.8) is 0 Å². The molecule has 76 heavy (non-hydrogen) atoms. The van der Waals surface area contributed by atoms with Crippen molar-refractivity contribution in [2.45, 2.75) is 0 Å². The third-order valence-electron chi connectivity index (χ3n) is 15.4. The summed E-state index contributed by atoms with van der Waals surface area (Å²) in [4.78, 5) is 15.4. The van der Waals surface area contributed by atoms with Crippen molar-refractivity contribution in [3.05, 3.63) is 261 Å². The van der Waals surface area contributed by atoms with Gasteiger partial charge < -0.3 is 13.7 Å². The van der Waals surface area contributed by atoms with Crippen molar-refractivity contribution >= 4 is 87.2 Å². The van der Waals surface area contributed by atoms with Crippen molar-refractivity contribution in [1.29, 1.82) is 0 Å². The first-order valence-electron chi connectivity index (χ1n) is 25.8. The molecule has 0 radical (unpaired) electrons. The number of aromatic nitrogens is 7. The van der Waals surface area contributed by atoms with Crippen LogP contribution < -0.4 is 0 Å². The lowest BCUT2D eigenvalue weighted by Crippen LogP contribution is -2.06. The molecule has 0 N–H and O–H groups in total. The van der Waals surface area contributed by atoms with E-state index in [1.165, 1.54) is 54.4 Å². The maximum Gasteiger partial charge on any atom is 0.238 e. The maximum atomic E-state index is 5.20. The molecule has 0 aliphatic rings. The SMILES string of the molecule is c1ccc(-c2nc(-c3ccccc3)nc(-n3c4ccccc4c4ccc(-c5ccc(-n6c7cc(-n8c9ccccc9c9ccccc98)ccc7c7ccc(-n8c9ccccc9c9ccccc98)cc76)cc5)cc43)n2)cc1. The van der Waals surface area contributed by atoms with Gasteiger partial charge in [0.1, 0.15) is 0 Å². The van der Waals surface area contributed by atoms with Gasteiger partial charge in [-0.2, -0.15) is 9.97 Å². The van der Waals surface area contributed by atoms with Gasteiger partial charge in [0.2, 0.25) is 5.95 Å². The molecule has 0 aliphatic carbocycles. The number of hydrogen-bond donors (Lipinski definition) is 0. The van der Waals surface area contributed by atoms with Gasteiger partial charge in [0.05, 0.1) is 44.1 Å². The van der Waals surface area contributed by atoms with Crippen LogP contribution in [0.4, 0.5) is 0 Å². The van der Waals surface area contributed by atoms with Crippen LogP contribution in [0.3, 0.4) is 0 Å². The van der Waals surface area contributed by atoms with E-state index in [0.717, 1.165) is 72.2 Å². The zero-order valence-corrected chi connectivity index (χ0v) is 41.0. The second-order valence-electron chi connectivity index (χ2n) is 19.6. The molecule has 0 bridgehead atoms. The van der Waals surface area contributed by atoms with Crippen molar-refractivity contribution in [1.82, 2.24) is 33.2 Å². The van der Waals surface area contributed by atoms with Gasteiger partial charge in [-0.3, -0.25) is 4.57 Å². The van der Waals surface area contributed by atoms with E-state index in [2.05, 4.69) is 243 Å². The summed E-state index contributed by atoms with van der Waals surface area (Å²) in [5, 5.41) is 9.62. The molecule has 0 spiro atoms. The van der Waals surface area contributed by atoms with Gasteiger partial charge >= 0.3 is 0 Å². The average molecular weight is 970 g/mol. The normalized spacial score (nSPS) is 11.9. The lowest BCUT2D eigenvalue weighted by atomic mass is 10.0. The van der Waals surface area contributed by atoms with Crippen LogP contribution in [0, 0.1) is 0 Å². The quantitative estimate of drug-likeness (QED) is 0.160. The number of nitrogens with zero attached hydrogens (tertiary/aromatic N) is 7. The molecule has 11 aromatic carbocycles. The van der Waals surface area contributed by atoms with Gasteiger partial charge in [-0.05, 0) is 83.9 Å². The Morgan fingerprint density at radius 2 is 0.513 bits per heavy atom. The Bertz CT molecular complexity index is 4650. The van der Waals surface area contributed by atoms with Gasteiger partial charge in [-0.1, -0.05) is 188 Å². The number of benzene rings is 11. The van der Waals surface area contributed by atoms with Crippen molar-refractivity contribution in [2.24, 2.45) is 0 Å². The standard InChI is InChI=1S/C69H43N7/c1-3-17-45(18-4-1)67-70-68(46-19-5-2-6-20-46)72-69(71-67)76-63-30-16-11-25-55(63)56-38-33-47(41-64(56)76)44-31-34-48(35-32-44)73-65-42-49(74-59-26-12-7-21-51(59)52-22-8-13-27-60(52)74)36-39-57(65)58-40-37-50(43-66(58)73)75-61-28-14-9-23-53(61)54-24-10-15-29-62(54)75/h1-43H. The molecule has 354 valence electrons. The van der Waals surface area contributed by atoms with Crippen LogP contribution in [0.15, 0.2) is 261 Å². The van der Waals surface area contributed by atoms with Crippen LogP contribution >= 0.6 is 0 Å². The molecular formula is C69H43N7. The zero-order valence-electron chi connectivity index (χ0n) is 41.0. The molecule has 7 nitrogen and oxygen atoms in total. The summed E-state index contributed by atoms with van der Waals surface area (Å²) in [5.74, 6) is 1.81. The molecule has 0 aliphatic heterocycles. The highest BCUT2D eigenvalue weighted by Crippen LogP contribution is 2.41. The second-order valence-corrected chi connectivity index (χ2v) is 19.6. The Morgan fingerprint density at radius 1 is 0.197 bits per heavy atom. The first kappa shape index (κ1) is 42.2. The highest BCUT2D eigenvalue weighted by molar-refractivity contribution is 6.14. The second kappa shape index (κ2) is 16.6. The molecule has 0 unspecified atom stereocenters. The molecule has 7 heteroatoms. The van der Waals surface area contributed by atoms with Crippen molar-refractivity contribution in [2.75, 3.05) is 0 Å². The highest BCUT2D eigenvalue weighted by Gasteiger charge is 2.21. The van der Waals surface area contributed by atoms with Gasteiger partial charge in [0.25, 0.3) is 0 Å². The summed E-state index contributed by atoms with van der Waals surface area (Å²) in [5.41, 5.74) is 16.4. The Morgan fingerprint density at radius 3 is 0.947 bits per heavy atom. The van der Waals surface area contributed by atoms with E-state index >= 15 is 0 Å². The predicted octanol–water partition coefficient (Wildman–Crippen LogP) is 17.3. The van der Waals surface area contributed by atoms with Crippen LogP contribution in [0.1, 0.15) is 0 Å². The number of fused-ring (bicyclic) bond motifs is 12. The molecule has 0 atom stereocenters. The Labute approximate surface area is 436 Å². The van der Waals surface area contributed by atoms with E-state index in [-0.39, 0.29) is 0 Å². The van der Waals surface area contributed by atoms with Crippen LogP contribution in [-0.2, 0) is 0 Å². The fraction of sp³-hybridized carbons (Fsp3) is 0. The minimum Gasteiger partial charge on any atom is -0.309 e. The van der Waals surface area contributed by atoms with Crippen molar-refractivity contribution < 1.29 is 0 Å². The lowest BCUT2D eigenvalue weighted by Gasteiger charge is -2.13. The monoisotopic (exact) mass is 969 g/mol. The van der Waals surface area contributed by atoms with Crippen LogP contribution in [-0.4, -0.2) is 33.2 Å². The molecule has 0 amide bonds. The Balaban J connectivity index is 0.887. The first-order chi connectivity index (χ1) is 37.7. The van der Waals surface area contributed by atoms with E-state index in [0.29, 0.717) is 17.6 Å². The van der Waals surface area contributed by atoms with Gasteiger partial charge in [0, 0.05) is 71.3 Å². The largest absolute Gasteiger partial charge is 0.309 e. The first-order valence-corrected chi connectivity index (χ1v) is 25.8. The minimum atomic E-state index is 0.568. The fourth-order valence-electron chi connectivity index (χ4n) is 12.0. The van der Waals surface area contributed by atoms with Crippen molar-refractivity contribution in [3.8, 4) is 56.9 Å².